The zero-order valence-electron chi connectivity index (χ0n) is 9.18. The van der Waals surface area contributed by atoms with Crippen LogP contribution >= 0.6 is 11.3 Å². The van der Waals surface area contributed by atoms with Crippen molar-refractivity contribution >= 4 is 22.6 Å². The van der Waals surface area contributed by atoms with Crippen molar-refractivity contribution in [1.82, 2.24) is 0 Å². The monoisotopic (exact) mass is 241 g/mol. The number of rotatable bonds is 0. The minimum atomic E-state index is 0.652. The van der Waals surface area contributed by atoms with Crippen molar-refractivity contribution in [3.8, 4) is 0 Å². The van der Waals surface area contributed by atoms with Crippen LogP contribution in [0, 0.1) is 0 Å². The summed E-state index contributed by atoms with van der Waals surface area (Å²) in [4.78, 5) is 1.02. The molecule has 0 saturated carbocycles. The normalized spacial score (nSPS) is 16.5. The molecule has 0 radical (unpaired) electrons. The quantitative estimate of drug-likeness (QED) is 0.555. The highest BCUT2D eigenvalue weighted by Gasteiger charge is 2.22. The molecule has 2 nitrogen and oxygen atoms in total. The molecule has 1 aromatic carbocycles. The first-order valence-corrected chi connectivity index (χ1v) is 6.25. The van der Waals surface area contributed by atoms with Crippen LogP contribution in [0.3, 0.4) is 0 Å². The Morgan fingerprint density at radius 3 is 2.82 bits per heavy atom. The van der Waals surface area contributed by atoms with Gasteiger partial charge >= 0.3 is 0 Å². The van der Waals surface area contributed by atoms with Gasteiger partial charge in [-0.05, 0) is 28.1 Å². The molecular formula is C14H11NOS. The molecule has 3 heteroatoms. The first-order valence-electron chi connectivity index (χ1n) is 5.37. The van der Waals surface area contributed by atoms with Gasteiger partial charge in [0.05, 0.1) is 4.88 Å². The standard InChI is InChI=1S/C14H11NOS/c1-9-11-5-3-2-4-10(11)8-13(15-16)14-12(9)6-7-17-14/h2-7,16H,1,8H2. The van der Waals surface area contributed by atoms with E-state index in [0.717, 1.165) is 32.9 Å². The second-order valence-electron chi connectivity index (χ2n) is 4.02. The predicted molar refractivity (Wildman–Crippen MR) is 70.9 cm³/mol. The zero-order chi connectivity index (χ0) is 11.8. The van der Waals surface area contributed by atoms with Crippen molar-refractivity contribution in [3.05, 3.63) is 63.9 Å². The van der Waals surface area contributed by atoms with Crippen LogP contribution < -0.4 is 0 Å². The van der Waals surface area contributed by atoms with E-state index in [0.29, 0.717) is 6.42 Å². The molecule has 17 heavy (non-hydrogen) atoms. The number of nitrogens with zero attached hydrogens (tertiary/aromatic N) is 1. The topological polar surface area (TPSA) is 32.6 Å². The molecule has 84 valence electrons. The number of fused-ring (bicyclic) bond motifs is 2. The molecule has 0 saturated heterocycles. The molecule has 1 heterocycles. The van der Waals surface area contributed by atoms with Gasteiger partial charge in [-0.15, -0.1) is 11.3 Å². The highest BCUT2D eigenvalue weighted by atomic mass is 32.1. The molecule has 1 aliphatic carbocycles. The third kappa shape index (κ3) is 1.51. The molecular weight excluding hydrogens is 230 g/mol. The summed E-state index contributed by atoms with van der Waals surface area (Å²) in [5.74, 6) is 0. The summed E-state index contributed by atoms with van der Waals surface area (Å²) in [7, 11) is 0. The second kappa shape index (κ2) is 3.86. The van der Waals surface area contributed by atoms with Crippen LogP contribution in [0.4, 0.5) is 0 Å². The van der Waals surface area contributed by atoms with Crippen LogP contribution in [0.5, 0.6) is 0 Å². The minimum Gasteiger partial charge on any atom is -0.411 e. The van der Waals surface area contributed by atoms with Gasteiger partial charge < -0.3 is 5.21 Å². The molecule has 0 unspecified atom stereocenters. The predicted octanol–water partition coefficient (Wildman–Crippen LogP) is 3.54. The molecule has 1 aliphatic rings. The largest absolute Gasteiger partial charge is 0.411 e. The van der Waals surface area contributed by atoms with E-state index in [1.54, 1.807) is 11.3 Å². The average molecular weight is 241 g/mol. The first-order chi connectivity index (χ1) is 8.31. The minimum absolute atomic E-state index is 0.652. The Bertz CT molecular complexity index is 625. The smallest absolute Gasteiger partial charge is 0.102 e. The lowest BCUT2D eigenvalue weighted by Gasteiger charge is -2.06. The van der Waals surface area contributed by atoms with Gasteiger partial charge in [0.2, 0.25) is 0 Å². The second-order valence-corrected chi connectivity index (χ2v) is 4.94. The summed E-state index contributed by atoms with van der Waals surface area (Å²) in [5.41, 5.74) is 5.11. The van der Waals surface area contributed by atoms with Gasteiger partial charge in [0.15, 0.2) is 0 Å². The van der Waals surface area contributed by atoms with Crippen LogP contribution in [0.15, 0.2) is 47.4 Å². The van der Waals surface area contributed by atoms with Crippen LogP contribution in [0.25, 0.3) is 5.57 Å². The molecule has 0 bridgehead atoms. The zero-order valence-corrected chi connectivity index (χ0v) is 10.00. The maximum Gasteiger partial charge on any atom is 0.102 e. The maximum atomic E-state index is 9.16. The number of thiophene rings is 1. The number of hydrogen-bond donors (Lipinski definition) is 1. The van der Waals surface area contributed by atoms with E-state index < -0.39 is 0 Å². The van der Waals surface area contributed by atoms with Gasteiger partial charge in [-0.25, -0.2) is 0 Å². The number of oxime groups is 1. The highest BCUT2D eigenvalue weighted by Crippen LogP contribution is 2.34. The van der Waals surface area contributed by atoms with Crippen LogP contribution in [-0.4, -0.2) is 10.9 Å². The average Bonchev–Trinajstić information content (AvgIpc) is 2.81. The Kier molecular flexibility index (Phi) is 2.34. The van der Waals surface area contributed by atoms with Crippen molar-refractivity contribution in [1.29, 1.82) is 0 Å². The van der Waals surface area contributed by atoms with E-state index in [-0.39, 0.29) is 0 Å². The summed E-state index contributed by atoms with van der Waals surface area (Å²) < 4.78 is 0. The fourth-order valence-electron chi connectivity index (χ4n) is 2.23. The van der Waals surface area contributed by atoms with Gasteiger partial charge in [0, 0.05) is 12.0 Å². The van der Waals surface area contributed by atoms with Crippen LogP contribution in [0.1, 0.15) is 21.6 Å². The molecule has 2 aromatic rings. The summed E-state index contributed by atoms with van der Waals surface area (Å²) in [5, 5.41) is 14.6. The molecule has 0 aliphatic heterocycles. The van der Waals surface area contributed by atoms with Gasteiger partial charge in [-0.2, -0.15) is 0 Å². The van der Waals surface area contributed by atoms with Crippen molar-refractivity contribution in [2.45, 2.75) is 6.42 Å². The van der Waals surface area contributed by atoms with E-state index in [1.165, 1.54) is 0 Å². The lowest BCUT2D eigenvalue weighted by Crippen LogP contribution is -2.02. The third-order valence-electron chi connectivity index (χ3n) is 3.07. The summed E-state index contributed by atoms with van der Waals surface area (Å²) in [6, 6.07) is 10.2. The van der Waals surface area contributed by atoms with Crippen molar-refractivity contribution in [3.63, 3.8) is 0 Å². The number of hydrogen-bond acceptors (Lipinski definition) is 3. The Morgan fingerprint density at radius 2 is 2.00 bits per heavy atom. The molecule has 3 rings (SSSR count). The lowest BCUT2D eigenvalue weighted by molar-refractivity contribution is 0.318. The van der Waals surface area contributed by atoms with Gasteiger partial charge in [0.1, 0.15) is 5.71 Å². The fourth-order valence-corrected chi connectivity index (χ4v) is 3.13. The summed E-state index contributed by atoms with van der Waals surface area (Å²) in [6.45, 7) is 4.17. The van der Waals surface area contributed by atoms with Crippen LogP contribution in [-0.2, 0) is 6.42 Å². The Hall–Kier alpha value is -1.87. The van der Waals surface area contributed by atoms with E-state index in [4.69, 9.17) is 5.21 Å². The third-order valence-corrected chi connectivity index (χ3v) is 4.04. The van der Waals surface area contributed by atoms with Gasteiger partial charge in [-0.1, -0.05) is 36.0 Å². The molecule has 0 fully saturated rings. The molecule has 1 aromatic heterocycles. The molecule has 0 amide bonds. The Morgan fingerprint density at radius 1 is 1.18 bits per heavy atom. The lowest BCUT2D eigenvalue weighted by atomic mass is 9.98. The van der Waals surface area contributed by atoms with E-state index in [1.807, 2.05) is 23.6 Å². The van der Waals surface area contributed by atoms with E-state index in [9.17, 15) is 0 Å². The summed E-state index contributed by atoms with van der Waals surface area (Å²) >= 11 is 1.59. The first kappa shape index (κ1) is 10.3. The van der Waals surface area contributed by atoms with Gasteiger partial charge in [0.25, 0.3) is 0 Å². The number of benzene rings is 1. The van der Waals surface area contributed by atoms with Crippen molar-refractivity contribution < 1.29 is 5.21 Å². The Labute approximate surface area is 104 Å². The maximum absolute atomic E-state index is 9.16. The SMILES string of the molecule is C=C1c2ccccc2CC(=NO)c2sccc21. The van der Waals surface area contributed by atoms with Gasteiger partial charge in [-0.3, -0.25) is 0 Å². The van der Waals surface area contributed by atoms with Crippen molar-refractivity contribution in [2.24, 2.45) is 5.16 Å². The molecule has 0 atom stereocenters. The van der Waals surface area contributed by atoms with Crippen LogP contribution in [0.2, 0.25) is 0 Å². The highest BCUT2D eigenvalue weighted by molar-refractivity contribution is 7.12. The summed E-state index contributed by atoms with van der Waals surface area (Å²) in [6.07, 6.45) is 0.652. The van der Waals surface area contributed by atoms with E-state index in [2.05, 4.69) is 23.9 Å². The molecule has 1 N–H and O–H groups in total. The Balaban J connectivity index is 2.30. The fraction of sp³-hybridized carbons (Fsp3) is 0.0714. The van der Waals surface area contributed by atoms with Crippen molar-refractivity contribution in [2.75, 3.05) is 0 Å². The van der Waals surface area contributed by atoms with E-state index >= 15 is 0 Å². The molecule has 0 spiro atoms.